The van der Waals surface area contributed by atoms with Crippen LogP contribution in [0.1, 0.15) is 10.4 Å². The van der Waals surface area contributed by atoms with Crippen LogP contribution in [-0.4, -0.2) is 52.3 Å². The summed E-state index contributed by atoms with van der Waals surface area (Å²) in [6.45, 7) is -0.854. The number of aromatic hydroxyl groups is 2. The number of primary amides is 2. The Balaban J connectivity index is 2.81. The van der Waals surface area contributed by atoms with Gasteiger partial charge >= 0.3 is 0 Å². The van der Waals surface area contributed by atoms with Crippen LogP contribution < -0.4 is 11.5 Å². The molecule has 20 heavy (non-hydrogen) atoms. The molecule has 0 saturated carbocycles. The monoisotopic (exact) mass is 281 g/mol. The van der Waals surface area contributed by atoms with Gasteiger partial charge in [-0.1, -0.05) is 0 Å². The third-order valence-electron chi connectivity index (χ3n) is 2.42. The minimum Gasteiger partial charge on any atom is -0.504 e. The maximum Gasteiger partial charge on any atom is 0.231 e. The van der Waals surface area contributed by atoms with Crippen LogP contribution in [0.15, 0.2) is 18.2 Å². The van der Waals surface area contributed by atoms with E-state index in [2.05, 4.69) is 0 Å². The fourth-order valence-electron chi connectivity index (χ4n) is 1.60. The normalized spacial score (nSPS) is 10.4. The van der Waals surface area contributed by atoms with E-state index in [0.717, 1.165) is 12.1 Å². The van der Waals surface area contributed by atoms with E-state index >= 15 is 0 Å². The number of hydrogen-bond donors (Lipinski definition) is 4. The minimum atomic E-state index is -0.701. The fourth-order valence-corrected chi connectivity index (χ4v) is 1.60. The topological polar surface area (TPSA) is 147 Å². The Hall–Kier alpha value is -2.61. The van der Waals surface area contributed by atoms with Crippen LogP contribution in [0.4, 0.5) is 0 Å². The molecule has 0 aliphatic heterocycles. The molecular formula is C12H15N3O5. The molecule has 2 amide bonds. The number of hydrogen-bond acceptors (Lipinski definition) is 6. The van der Waals surface area contributed by atoms with Gasteiger partial charge in [-0.3, -0.25) is 19.3 Å². The van der Waals surface area contributed by atoms with Gasteiger partial charge in [0, 0.05) is 5.56 Å². The molecule has 6 N–H and O–H groups in total. The summed E-state index contributed by atoms with van der Waals surface area (Å²) >= 11 is 0. The fraction of sp³-hybridized carbons (Fsp3) is 0.250. The molecule has 8 heteroatoms. The SMILES string of the molecule is NC(=O)CN(CC(N)=O)CC(=O)c1ccc(O)c(O)c1. The van der Waals surface area contributed by atoms with Gasteiger partial charge in [0.25, 0.3) is 0 Å². The first-order valence-corrected chi connectivity index (χ1v) is 5.63. The Morgan fingerprint density at radius 2 is 1.50 bits per heavy atom. The minimum absolute atomic E-state index is 0.124. The Bertz CT molecular complexity index is 528. The van der Waals surface area contributed by atoms with E-state index in [1.807, 2.05) is 0 Å². The predicted octanol–water partition coefficient (Wildman–Crippen LogP) is -1.45. The van der Waals surface area contributed by atoms with Crippen LogP contribution in [0.25, 0.3) is 0 Å². The lowest BCUT2D eigenvalue weighted by Gasteiger charge is -2.17. The highest BCUT2D eigenvalue weighted by Gasteiger charge is 2.17. The number of carbonyl (C=O) groups excluding carboxylic acids is 3. The second kappa shape index (κ2) is 6.53. The summed E-state index contributed by atoms with van der Waals surface area (Å²) in [5.41, 5.74) is 10.1. The molecule has 0 aromatic heterocycles. The number of amides is 2. The van der Waals surface area contributed by atoms with Crippen LogP contribution in [-0.2, 0) is 9.59 Å². The third-order valence-corrected chi connectivity index (χ3v) is 2.42. The van der Waals surface area contributed by atoms with E-state index in [1.165, 1.54) is 11.0 Å². The molecular weight excluding hydrogens is 266 g/mol. The van der Waals surface area contributed by atoms with Crippen molar-refractivity contribution in [2.75, 3.05) is 19.6 Å². The molecule has 1 aromatic carbocycles. The zero-order valence-corrected chi connectivity index (χ0v) is 10.6. The number of carbonyl (C=O) groups is 3. The molecule has 0 saturated heterocycles. The van der Waals surface area contributed by atoms with Gasteiger partial charge in [0.15, 0.2) is 17.3 Å². The molecule has 0 unspecified atom stereocenters. The van der Waals surface area contributed by atoms with E-state index in [4.69, 9.17) is 16.6 Å². The molecule has 1 aromatic rings. The first-order valence-electron chi connectivity index (χ1n) is 5.63. The summed E-state index contributed by atoms with van der Waals surface area (Å²) in [6, 6.07) is 3.56. The molecule has 8 nitrogen and oxygen atoms in total. The van der Waals surface area contributed by atoms with Crippen molar-refractivity contribution >= 4 is 17.6 Å². The highest BCUT2D eigenvalue weighted by molar-refractivity contribution is 5.98. The molecule has 0 atom stereocenters. The maximum atomic E-state index is 11.9. The lowest BCUT2D eigenvalue weighted by Crippen LogP contribution is -2.42. The van der Waals surface area contributed by atoms with Crippen LogP contribution in [0.3, 0.4) is 0 Å². The lowest BCUT2D eigenvalue weighted by molar-refractivity contribution is -0.121. The number of nitrogens with two attached hydrogens (primary N) is 2. The van der Waals surface area contributed by atoms with Crippen molar-refractivity contribution in [3.63, 3.8) is 0 Å². The smallest absolute Gasteiger partial charge is 0.231 e. The third kappa shape index (κ3) is 4.58. The van der Waals surface area contributed by atoms with Crippen LogP contribution in [0.2, 0.25) is 0 Å². The average Bonchev–Trinajstić information content (AvgIpc) is 2.30. The number of ketones is 1. The molecule has 0 radical (unpaired) electrons. The van der Waals surface area contributed by atoms with Gasteiger partial charge in [-0.15, -0.1) is 0 Å². The number of rotatable bonds is 7. The first kappa shape index (κ1) is 15.4. The van der Waals surface area contributed by atoms with E-state index in [1.54, 1.807) is 0 Å². The highest BCUT2D eigenvalue weighted by atomic mass is 16.3. The highest BCUT2D eigenvalue weighted by Crippen LogP contribution is 2.25. The van der Waals surface area contributed by atoms with E-state index in [0.29, 0.717) is 0 Å². The van der Waals surface area contributed by atoms with E-state index in [-0.39, 0.29) is 30.9 Å². The molecule has 1 rings (SSSR count). The summed E-state index contributed by atoms with van der Waals surface area (Å²) in [7, 11) is 0. The summed E-state index contributed by atoms with van der Waals surface area (Å²) in [5.74, 6) is -2.65. The van der Waals surface area contributed by atoms with Crippen LogP contribution in [0, 0.1) is 0 Å². The van der Waals surface area contributed by atoms with Gasteiger partial charge in [-0.2, -0.15) is 0 Å². The van der Waals surface area contributed by atoms with Crippen LogP contribution in [0.5, 0.6) is 11.5 Å². The maximum absolute atomic E-state index is 11.9. The molecule has 0 aliphatic carbocycles. The van der Waals surface area contributed by atoms with Crippen molar-refractivity contribution in [1.29, 1.82) is 0 Å². The Morgan fingerprint density at radius 3 is 1.95 bits per heavy atom. The standard InChI is InChI=1S/C12H15N3O5/c13-11(19)5-15(6-12(14)20)4-10(18)7-1-2-8(16)9(17)3-7/h1-3,16-17H,4-6H2,(H2,13,19)(H2,14,20). The Kier molecular flexibility index (Phi) is 5.04. The van der Waals surface area contributed by atoms with Gasteiger partial charge in [-0.25, -0.2) is 0 Å². The van der Waals surface area contributed by atoms with E-state index in [9.17, 15) is 19.5 Å². The first-order chi connectivity index (χ1) is 9.29. The van der Waals surface area contributed by atoms with Crippen molar-refractivity contribution in [1.82, 2.24) is 4.90 Å². The second-order valence-corrected chi connectivity index (χ2v) is 4.20. The van der Waals surface area contributed by atoms with Gasteiger partial charge < -0.3 is 21.7 Å². The summed E-state index contributed by atoms with van der Waals surface area (Å²) in [4.78, 5) is 34.8. The van der Waals surface area contributed by atoms with Gasteiger partial charge in [-0.05, 0) is 18.2 Å². The number of Topliss-reactive ketones (excluding diaryl/α,β-unsaturated/α-hetero) is 1. The number of phenolic OH excluding ortho intramolecular Hbond substituents is 2. The van der Waals surface area contributed by atoms with Crippen molar-refractivity contribution in [3.8, 4) is 11.5 Å². The summed E-state index contributed by atoms with van der Waals surface area (Å²) < 4.78 is 0. The Morgan fingerprint density at radius 1 is 0.950 bits per heavy atom. The molecule has 108 valence electrons. The number of phenols is 2. The van der Waals surface area contributed by atoms with Crippen LogP contribution >= 0.6 is 0 Å². The van der Waals surface area contributed by atoms with Crippen molar-refractivity contribution in [2.45, 2.75) is 0 Å². The predicted molar refractivity (Wildman–Crippen MR) is 68.9 cm³/mol. The van der Waals surface area contributed by atoms with Crippen molar-refractivity contribution < 1.29 is 24.6 Å². The van der Waals surface area contributed by atoms with Crippen molar-refractivity contribution in [2.24, 2.45) is 11.5 Å². The van der Waals surface area contributed by atoms with E-state index < -0.39 is 23.3 Å². The molecule has 0 bridgehead atoms. The molecule has 0 aliphatic rings. The van der Waals surface area contributed by atoms with Crippen molar-refractivity contribution in [3.05, 3.63) is 23.8 Å². The number of benzene rings is 1. The van der Waals surface area contributed by atoms with Gasteiger partial charge in [0.05, 0.1) is 19.6 Å². The zero-order valence-electron chi connectivity index (χ0n) is 10.6. The summed E-state index contributed by atoms with van der Waals surface area (Å²) in [5, 5.41) is 18.5. The molecule has 0 fully saturated rings. The Labute approximate surface area is 114 Å². The lowest BCUT2D eigenvalue weighted by atomic mass is 10.1. The van der Waals surface area contributed by atoms with Gasteiger partial charge in [0.2, 0.25) is 11.8 Å². The molecule has 0 heterocycles. The number of nitrogens with zero attached hydrogens (tertiary/aromatic N) is 1. The largest absolute Gasteiger partial charge is 0.504 e. The second-order valence-electron chi connectivity index (χ2n) is 4.20. The average molecular weight is 281 g/mol. The quantitative estimate of drug-likeness (QED) is 0.355. The zero-order chi connectivity index (χ0) is 15.3. The summed E-state index contributed by atoms with van der Waals surface area (Å²) in [6.07, 6.45) is 0. The molecule has 0 spiro atoms. The van der Waals surface area contributed by atoms with Gasteiger partial charge in [0.1, 0.15) is 0 Å².